The Bertz CT molecular complexity index is 552. The smallest absolute Gasteiger partial charge is 0.254 e. The van der Waals surface area contributed by atoms with Crippen LogP contribution in [0.4, 0.5) is 5.95 Å². The normalized spacial score (nSPS) is 14.8. The molecule has 2 amide bonds. The van der Waals surface area contributed by atoms with E-state index in [-0.39, 0.29) is 11.8 Å². The molecule has 0 aromatic carbocycles. The first-order valence-electron chi connectivity index (χ1n) is 8.23. The number of hydrogen-bond donors (Lipinski definition) is 1. The average molecular weight is 334 g/mol. The average Bonchev–Trinajstić information content (AvgIpc) is 2.58. The third kappa shape index (κ3) is 5.16. The Morgan fingerprint density at radius 3 is 2.33 bits per heavy atom. The molecule has 0 atom stereocenters. The lowest BCUT2D eigenvalue weighted by atomic mass is 10.3. The molecule has 1 aliphatic heterocycles. The van der Waals surface area contributed by atoms with E-state index in [2.05, 4.69) is 20.2 Å². The van der Waals surface area contributed by atoms with Crippen molar-refractivity contribution in [1.29, 1.82) is 0 Å². The van der Waals surface area contributed by atoms with Crippen LogP contribution in [0, 0.1) is 0 Å². The van der Waals surface area contributed by atoms with Crippen LogP contribution >= 0.6 is 0 Å². The molecule has 1 aromatic rings. The highest BCUT2D eigenvalue weighted by molar-refractivity contribution is 5.93. The van der Waals surface area contributed by atoms with Gasteiger partial charge < -0.3 is 20.0 Å². The van der Waals surface area contributed by atoms with Gasteiger partial charge in [0.2, 0.25) is 11.9 Å². The Labute approximate surface area is 142 Å². The van der Waals surface area contributed by atoms with Gasteiger partial charge >= 0.3 is 0 Å². The number of carbonyl (C=O) groups excluding carboxylic acids is 2. The Kier molecular flexibility index (Phi) is 6.48. The van der Waals surface area contributed by atoms with Crippen molar-refractivity contribution < 1.29 is 9.59 Å². The zero-order valence-electron chi connectivity index (χ0n) is 14.7. The number of rotatable bonds is 6. The van der Waals surface area contributed by atoms with Crippen LogP contribution in [0.2, 0.25) is 0 Å². The van der Waals surface area contributed by atoms with Crippen molar-refractivity contribution in [1.82, 2.24) is 25.1 Å². The molecule has 8 nitrogen and oxygen atoms in total. The first kappa shape index (κ1) is 18.1. The maximum Gasteiger partial charge on any atom is 0.254 e. The highest BCUT2D eigenvalue weighted by atomic mass is 16.2. The SMILES string of the molecule is CC(=O)N1CCN(c2ncc(C(=O)NCCCN(C)C)cn2)CC1. The van der Waals surface area contributed by atoms with Gasteiger partial charge in [0.1, 0.15) is 0 Å². The van der Waals surface area contributed by atoms with Crippen LogP contribution in [0.1, 0.15) is 23.7 Å². The lowest BCUT2D eigenvalue weighted by molar-refractivity contribution is -0.129. The number of nitrogens with one attached hydrogen (secondary N) is 1. The van der Waals surface area contributed by atoms with Crippen molar-refractivity contribution in [2.24, 2.45) is 0 Å². The minimum atomic E-state index is -0.151. The Hall–Kier alpha value is -2.22. The molecular formula is C16H26N6O2. The first-order valence-corrected chi connectivity index (χ1v) is 8.23. The van der Waals surface area contributed by atoms with Crippen LogP contribution < -0.4 is 10.2 Å². The van der Waals surface area contributed by atoms with Gasteiger partial charge in [-0.25, -0.2) is 9.97 Å². The third-order valence-corrected chi connectivity index (χ3v) is 3.98. The number of carbonyl (C=O) groups is 2. The highest BCUT2D eigenvalue weighted by Crippen LogP contribution is 2.11. The lowest BCUT2D eigenvalue weighted by Gasteiger charge is -2.34. The summed E-state index contributed by atoms with van der Waals surface area (Å²) in [6.07, 6.45) is 4.01. The predicted octanol–water partition coefficient (Wildman–Crippen LogP) is -0.173. The molecule has 1 saturated heterocycles. The molecule has 1 aromatic heterocycles. The quantitative estimate of drug-likeness (QED) is 0.727. The number of piperazine rings is 1. The van der Waals surface area contributed by atoms with E-state index in [1.165, 1.54) is 0 Å². The van der Waals surface area contributed by atoms with Crippen molar-refractivity contribution in [2.75, 3.05) is 58.3 Å². The molecule has 24 heavy (non-hydrogen) atoms. The summed E-state index contributed by atoms with van der Waals surface area (Å²) >= 11 is 0. The minimum Gasteiger partial charge on any atom is -0.352 e. The zero-order valence-corrected chi connectivity index (χ0v) is 14.7. The zero-order chi connectivity index (χ0) is 17.5. The monoisotopic (exact) mass is 334 g/mol. The third-order valence-electron chi connectivity index (χ3n) is 3.98. The van der Waals surface area contributed by atoms with E-state index >= 15 is 0 Å². The molecule has 1 fully saturated rings. The van der Waals surface area contributed by atoms with E-state index in [9.17, 15) is 9.59 Å². The van der Waals surface area contributed by atoms with Crippen LogP contribution in [0.15, 0.2) is 12.4 Å². The van der Waals surface area contributed by atoms with E-state index in [4.69, 9.17) is 0 Å². The van der Waals surface area contributed by atoms with E-state index < -0.39 is 0 Å². The topological polar surface area (TPSA) is 81.7 Å². The van der Waals surface area contributed by atoms with Gasteiger partial charge in [-0.3, -0.25) is 9.59 Å². The van der Waals surface area contributed by atoms with Gasteiger partial charge in [-0.1, -0.05) is 0 Å². The maximum absolute atomic E-state index is 12.0. The van der Waals surface area contributed by atoms with E-state index in [1.54, 1.807) is 19.3 Å². The summed E-state index contributed by atoms with van der Waals surface area (Å²) < 4.78 is 0. The van der Waals surface area contributed by atoms with Gasteiger partial charge in [0.25, 0.3) is 5.91 Å². The van der Waals surface area contributed by atoms with E-state index in [0.717, 1.165) is 13.0 Å². The number of hydrogen-bond acceptors (Lipinski definition) is 6. The predicted molar refractivity (Wildman–Crippen MR) is 92.0 cm³/mol. The number of nitrogens with zero attached hydrogens (tertiary/aromatic N) is 5. The molecule has 0 bridgehead atoms. The molecule has 1 aliphatic rings. The van der Waals surface area contributed by atoms with Gasteiger partial charge in [0, 0.05) is 52.0 Å². The maximum atomic E-state index is 12.0. The number of anilines is 1. The van der Waals surface area contributed by atoms with Gasteiger partial charge in [0.05, 0.1) is 5.56 Å². The van der Waals surface area contributed by atoms with Crippen molar-refractivity contribution in [2.45, 2.75) is 13.3 Å². The number of aromatic nitrogens is 2. The molecule has 0 saturated carbocycles. The highest BCUT2D eigenvalue weighted by Gasteiger charge is 2.20. The number of amides is 2. The van der Waals surface area contributed by atoms with Gasteiger partial charge in [-0.15, -0.1) is 0 Å². The fourth-order valence-electron chi connectivity index (χ4n) is 2.52. The van der Waals surface area contributed by atoms with Crippen molar-refractivity contribution in [3.63, 3.8) is 0 Å². The van der Waals surface area contributed by atoms with Gasteiger partial charge in [0.15, 0.2) is 0 Å². The molecule has 2 rings (SSSR count). The van der Waals surface area contributed by atoms with Crippen LogP contribution in [0.5, 0.6) is 0 Å². The summed E-state index contributed by atoms with van der Waals surface area (Å²) in [6, 6.07) is 0. The van der Waals surface area contributed by atoms with Crippen molar-refractivity contribution >= 4 is 17.8 Å². The summed E-state index contributed by atoms with van der Waals surface area (Å²) in [5.74, 6) is 0.543. The summed E-state index contributed by atoms with van der Waals surface area (Å²) in [6.45, 7) is 5.90. The molecule has 132 valence electrons. The Balaban J connectivity index is 1.82. The molecular weight excluding hydrogens is 308 g/mol. The molecule has 0 aliphatic carbocycles. The standard InChI is InChI=1S/C16H26N6O2/c1-13(23)21-7-9-22(10-8-21)16-18-11-14(12-19-16)15(24)17-5-4-6-20(2)3/h11-12H,4-10H2,1-3H3,(H,17,24). The Morgan fingerprint density at radius 2 is 1.79 bits per heavy atom. The van der Waals surface area contributed by atoms with Gasteiger partial charge in [-0.2, -0.15) is 0 Å². The fraction of sp³-hybridized carbons (Fsp3) is 0.625. The molecule has 8 heteroatoms. The molecule has 2 heterocycles. The first-order chi connectivity index (χ1) is 11.5. The molecule has 0 radical (unpaired) electrons. The molecule has 0 spiro atoms. The van der Waals surface area contributed by atoms with E-state index in [1.807, 2.05) is 23.9 Å². The molecule has 1 N–H and O–H groups in total. The second-order valence-corrected chi connectivity index (χ2v) is 6.18. The van der Waals surface area contributed by atoms with E-state index in [0.29, 0.717) is 44.2 Å². The largest absolute Gasteiger partial charge is 0.352 e. The fourth-order valence-corrected chi connectivity index (χ4v) is 2.52. The summed E-state index contributed by atoms with van der Waals surface area (Å²) in [7, 11) is 4.01. The second-order valence-electron chi connectivity index (χ2n) is 6.18. The van der Waals surface area contributed by atoms with Crippen LogP contribution in [-0.2, 0) is 4.79 Å². The van der Waals surface area contributed by atoms with Gasteiger partial charge in [-0.05, 0) is 27.1 Å². The second kappa shape index (κ2) is 8.58. The summed E-state index contributed by atoms with van der Waals surface area (Å²) in [4.78, 5) is 37.9. The van der Waals surface area contributed by atoms with Crippen LogP contribution in [-0.4, -0.2) is 84.9 Å². The minimum absolute atomic E-state index is 0.0943. The Morgan fingerprint density at radius 1 is 1.17 bits per heavy atom. The van der Waals surface area contributed by atoms with Crippen molar-refractivity contribution in [3.05, 3.63) is 18.0 Å². The summed E-state index contributed by atoms with van der Waals surface area (Å²) in [5.41, 5.74) is 0.464. The molecule has 0 unspecified atom stereocenters. The van der Waals surface area contributed by atoms with Crippen LogP contribution in [0.3, 0.4) is 0 Å². The van der Waals surface area contributed by atoms with Crippen LogP contribution in [0.25, 0.3) is 0 Å². The lowest BCUT2D eigenvalue weighted by Crippen LogP contribution is -2.48. The van der Waals surface area contributed by atoms with Crippen molar-refractivity contribution in [3.8, 4) is 0 Å². The summed E-state index contributed by atoms with van der Waals surface area (Å²) in [5, 5.41) is 2.87.